The molecule has 2 heteroatoms. The van der Waals surface area contributed by atoms with E-state index in [0.717, 1.165) is 6.42 Å². The summed E-state index contributed by atoms with van der Waals surface area (Å²) >= 11 is 0. The third-order valence-corrected chi connectivity index (χ3v) is 3.71. The maximum atomic E-state index is 4.47. The summed E-state index contributed by atoms with van der Waals surface area (Å²) in [6, 6.07) is 0. The highest BCUT2D eigenvalue weighted by molar-refractivity contribution is 5.26. The summed E-state index contributed by atoms with van der Waals surface area (Å²) < 4.78 is 0. The second kappa shape index (κ2) is 3.34. The smallest absolute Gasteiger partial charge is 0.115 e. The van der Waals surface area contributed by atoms with Crippen LogP contribution in [0.1, 0.15) is 44.9 Å². The molecule has 1 aliphatic rings. The van der Waals surface area contributed by atoms with Gasteiger partial charge < -0.3 is 0 Å². The van der Waals surface area contributed by atoms with Gasteiger partial charge in [-0.25, -0.2) is 9.97 Å². The molecule has 1 heterocycles. The summed E-state index contributed by atoms with van der Waals surface area (Å²) in [5, 5.41) is 0. The van der Waals surface area contributed by atoms with Crippen LogP contribution in [-0.2, 0) is 11.8 Å². The summed E-state index contributed by atoms with van der Waals surface area (Å²) in [5.74, 6) is 0.707. The van der Waals surface area contributed by atoms with Crippen molar-refractivity contribution >= 4 is 0 Å². The van der Waals surface area contributed by atoms with E-state index >= 15 is 0 Å². The molecule has 1 aromatic rings. The molecule has 0 unspecified atom stereocenters. The minimum Gasteiger partial charge on any atom is -0.245 e. The lowest BCUT2D eigenvalue weighted by Gasteiger charge is -2.30. The summed E-state index contributed by atoms with van der Waals surface area (Å²) in [6.07, 6.45) is 7.37. The van der Waals surface area contributed by atoms with Gasteiger partial charge in [0.05, 0.1) is 5.69 Å². The molecule has 1 atom stereocenters. The Hall–Kier alpha value is -0.920. The van der Waals surface area contributed by atoms with Gasteiger partial charge in [0.2, 0.25) is 0 Å². The zero-order valence-electron chi connectivity index (χ0n) is 9.25. The fourth-order valence-corrected chi connectivity index (χ4v) is 2.31. The Morgan fingerprint density at radius 1 is 1.43 bits per heavy atom. The fourth-order valence-electron chi connectivity index (χ4n) is 2.31. The summed E-state index contributed by atoms with van der Waals surface area (Å²) in [7, 11) is 0. The minimum absolute atomic E-state index is 0.203. The highest BCUT2D eigenvalue weighted by Crippen LogP contribution is 2.37. The Bertz CT molecular complexity index is 331. The lowest BCUT2D eigenvalue weighted by molar-refractivity contribution is 0.321. The molecule has 14 heavy (non-hydrogen) atoms. The number of nitrogens with zero attached hydrogens (tertiary/aromatic N) is 2. The van der Waals surface area contributed by atoms with Crippen molar-refractivity contribution in [3.63, 3.8) is 0 Å². The van der Waals surface area contributed by atoms with Gasteiger partial charge in [0, 0.05) is 11.6 Å². The van der Waals surface area contributed by atoms with Gasteiger partial charge in [-0.2, -0.15) is 0 Å². The predicted molar refractivity (Wildman–Crippen MR) is 57.2 cm³/mol. The van der Waals surface area contributed by atoms with E-state index in [1.54, 1.807) is 6.33 Å². The van der Waals surface area contributed by atoms with E-state index in [0.29, 0.717) is 5.92 Å². The maximum Gasteiger partial charge on any atom is 0.115 e. The highest BCUT2D eigenvalue weighted by Gasteiger charge is 2.33. The van der Waals surface area contributed by atoms with Gasteiger partial charge in [-0.1, -0.05) is 20.8 Å². The average molecular weight is 190 g/mol. The van der Waals surface area contributed by atoms with Gasteiger partial charge in [0.1, 0.15) is 6.33 Å². The van der Waals surface area contributed by atoms with Crippen LogP contribution in [0.5, 0.6) is 0 Å². The molecule has 0 fully saturated rings. The number of rotatable bonds is 0. The third-order valence-electron chi connectivity index (χ3n) is 3.71. The first-order valence-electron chi connectivity index (χ1n) is 5.41. The molecule has 76 valence electrons. The fraction of sp³-hybridized carbons (Fsp3) is 0.667. The third kappa shape index (κ3) is 1.43. The van der Waals surface area contributed by atoms with Crippen molar-refractivity contribution in [3.8, 4) is 0 Å². The van der Waals surface area contributed by atoms with Crippen LogP contribution in [0.25, 0.3) is 0 Å². The van der Waals surface area contributed by atoms with Crippen LogP contribution in [0.2, 0.25) is 0 Å². The van der Waals surface area contributed by atoms with E-state index in [-0.39, 0.29) is 5.41 Å². The standard InChI is InChI=1S/C12H18N2/c1-9-5-4-6-10-7-13-8-14-11(10)12(9,2)3/h7-9H,4-6H2,1-3H3/t9-/m1/s1. The molecular weight excluding hydrogens is 172 g/mol. The average Bonchev–Trinajstić information content (AvgIpc) is 2.27. The SMILES string of the molecule is C[C@@H]1CCCc2cncnc2C1(C)C. The van der Waals surface area contributed by atoms with E-state index in [9.17, 15) is 0 Å². The second-order valence-corrected chi connectivity index (χ2v) is 4.91. The van der Waals surface area contributed by atoms with Crippen molar-refractivity contribution in [1.82, 2.24) is 9.97 Å². The molecule has 2 nitrogen and oxygen atoms in total. The normalized spacial score (nSPS) is 25.2. The Kier molecular flexibility index (Phi) is 2.30. The maximum absolute atomic E-state index is 4.47. The van der Waals surface area contributed by atoms with Crippen LogP contribution in [-0.4, -0.2) is 9.97 Å². The molecule has 1 aliphatic carbocycles. The van der Waals surface area contributed by atoms with Crippen molar-refractivity contribution in [1.29, 1.82) is 0 Å². The Morgan fingerprint density at radius 2 is 2.21 bits per heavy atom. The van der Waals surface area contributed by atoms with Gasteiger partial charge in [0.15, 0.2) is 0 Å². The van der Waals surface area contributed by atoms with Crippen LogP contribution in [0, 0.1) is 5.92 Å². The highest BCUT2D eigenvalue weighted by atomic mass is 14.8. The number of fused-ring (bicyclic) bond motifs is 1. The van der Waals surface area contributed by atoms with Crippen molar-refractivity contribution in [2.45, 2.75) is 45.4 Å². The molecule has 0 radical (unpaired) electrons. The zero-order chi connectivity index (χ0) is 10.2. The van der Waals surface area contributed by atoms with Crippen molar-refractivity contribution in [3.05, 3.63) is 23.8 Å². The quantitative estimate of drug-likeness (QED) is 0.588. The van der Waals surface area contributed by atoms with E-state index in [1.165, 1.54) is 24.1 Å². The van der Waals surface area contributed by atoms with E-state index in [4.69, 9.17) is 0 Å². The number of aromatic nitrogens is 2. The van der Waals surface area contributed by atoms with E-state index in [2.05, 4.69) is 30.7 Å². The minimum atomic E-state index is 0.203. The number of hydrogen-bond donors (Lipinski definition) is 0. The predicted octanol–water partition coefficient (Wildman–Crippen LogP) is 2.73. The Labute approximate surface area is 85.8 Å². The van der Waals surface area contributed by atoms with E-state index in [1.807, 2.05) is 6.20 Å². The molecule has 0 amide bonds. The molecule has 0 aliphatic heterocycles. The van der Waals surface area contributed by atoms with Crippen LogP contribution in [0.15, 0.2) is 12.5 Å². The molecule has 0 N–H and O–H groups in total. The zero-order valence-corrected chi connectivity index (χ0v) is 9.25. The summed E-state index contributed by atoms with van der Waals surface area (Å²) in [5.41, 5.74) is 2.81. The molecule has 1 aromatic heterocycles. The van der Waals surface area contributed by atoms with Gasteiger partial charge in [-0.15, -0.1) is 0 Å². The van der Waals surface area contributed by atoms with Crippen LogP contribution in [0.3, 0.4) is 0 Å². The molecule has 0 spiro atoms. The summed E-state index contributed by atoms with van der Waals surface area (Å²) in [6.45, 7) is 6.93. The largest absolute Gasteiger partial charge is 0.245 e. The number of hydrogen-bond acceptors (Lipinski definition) is 2. The first kappa shape index (κ1) is 9.63. The second-order valence-electron chi connectivity index (χ2n) is 4.91. The topological polar surface area (TPSA) is 25.8 Å². The molecule has 2 rings (SSSR count). The van der Waals surface area contributed by atoms with Crippen molar-refractivity contribution in [2.24, 2.45) is 5.92 Å². The van der Waals surface area contributed by atoms with Gasteiger partial charge in [0.25, 0.3) is 0 Å². The van der Waals surface area contributed by atoms with Gasteiger partial charge in [-0.05, 0) is 30.7 Å². The first-order valence-corrected chi connectivity index (χ1v) is 5.41. The Morgan fingerprint density at radius 3 is 3.00 bits per heavy atom. The van der Waals surface area contributed by atoms with Crippen LogP contribution < -0.4 is 0 Å². The van der Waals surface area contributed by atoms with E-state index < -0.39 is 0 Å². The van der Waals surface area contributed by atoms with Gasteiger partial charge in [-0.3, -0.25) is 0 Å². The monoisotopic (exact) mass is 190 g/mol. The van der Waals surface area contributed by atoms with Crippen LogP contribution >= 0.6 is 0 Å². The lowest BCUT2D eigenvalue weighted by Crippen LogP contribution is -2.27. The summed E-state index contributed by atoms with van der Waals surface area (Å²) in [4.78, 5) is 8.59. The van der Waals surface area contributed by atoms with Crippen molar-refractivity contribution < 1.29 is 0 Å². The van der Waals surface area contributed by atoms with Crippen LogP contribution in [0.4, 0.5) is 0 Å². The van der Waals surface area contributed by atoms with Crippen molar-refractivity contribution in [2.75, 3.05) is 0 Å². The molecule has 0 bridgehead atoms. The first-order chi connectivity index (χ1) is 6.62. The Balaban J connectivity index is 2.51. The molecule has 0 saturated heterocycles. The van der Waals surface area contributed by atoms with Gasteiger partial charge >= 0.3 is 0 Å². The lowest BCUT2D eigenvalue weighted by atomic mass is 9.76. The molecule has 0 aromatic carbocycles. The molecular formula is C12H18N2. The number of aryl methyl sites for hydroxylation is 1. The molecule has 0 saturated carbocycles.